The van der Waals surface area contributed by atoms with Gasteiger partial charge in [-0.3, -0.25) is 4.57 Å². The summed E-state index contributed by atoms with van der Waals surface area (Å²) in [5, 5.41) is 0. The van der Waals surface area contributed by atoms with Crippen LogP contribution in [0.4, 0.5) is 0 Å². The van der Waals surface area contributed by atoms with Gasteiger partial charge in [-0.2, -0.15) is 4.72 Å². The number of hydrogen-bond acceptors (Lipinski definition) is 6. The average molecular weight is 359 g/mol. The summed E-state index contributed by atoms with van der Waals surface area (Å²) in [6, 6.07) is 9.30. The van der Waals surface area contributed by atoms with Crippen molar-refractivity contribution in [3.05, 3.63) is 54.0 Å². The fraction of sp³-hybridized carbons (Fsp3) is 0.286. The molecule has 1 heterocycles. The second-order valence-corrected chi connectivity index (χ2v) is 8.80. The summed E-state index contributed by atoms with van der Waals surface area (Å²) in [4.78, 5) is 0.0402. The smallest absolute Gasteiger partial charge is 0.355 e. The SMILES string of the molecule is COP(=O)(OC)C(NS(=O)(=O)c1ccc(C)cc1)c1ccco1. The molecule has 0 saturated heterocycles. The van der Waals surface area contributed by atoms with Crippen LogP contribution >= 0.6 is 7.60 Å². The summed E-state index contributed by atoms with van der Waals surface area (Å²) in [6.45, 7) is 1.85. The van der Waals surface area contributed by atoms with E-state index in [-0.39, 0.29) is 10.7 Å². The first-order chi connectivity index (χ1) is 10.8. The molecule has 1 unspecified atom stereocenters. The first-order valence-corrected chi connectivity index (χ1v) is 9.75. The highest BCUT2D eigenvalue weighted by molar-refractivity contribution is 7.89. The molecule has 1 N–H and O–H groups in total. The summed E-state index contributed by atoms with van der Waals surface area (Å²) in [5.41, 5.74) is 0.922. The van der Waals surface area contributed by atoms with Crippen LogP contribution in [0.15, 0.2) is 52.0 Å². The number of hydrogen-bond donors (Lipinski definition) is 1. The van der Waals surface area contributed by atoms with Crippen molar-refractivity contribution in [3.63, 3.8) is 0 Å². The fourth-order valence-corrected chi connectivity index (χ4v) is 4.95. The van der Waals surface area contributed by atoms with Gasteiger partial charge in [-0.05, 0) is 31.2 Å². The molecule has 0 fully saturated rings. The number of furan rings is 1. The number of rotatable bonds is 7. The summed E-state index contributed by atoms with van der Waals surface area (Å²) in [7, 11) is -5.38. The van der Waals surface area contributed by atoms with Crippen LogP contribution in [-0.4, -0.2) is 22.6 Å². The van der Waals surface area contributed by atoms with E-state index < -0.39 is 23.4 Å². The van der Waals surface area contributed by atoms with Gasteiger partial charge >= 0.3 is 7.60 Å². The molecule has 0 spiro atoms. The second kappa shape index (κ2) is 6.98. The highest BCUT2D eigenvalue weighted by atomic mass is 32.2. The first kappa shape index (κ1) is 17.9. The minimum atomic E-state index is -3.95. The number of benzene rings is 1. The van der Waals surface area contributed by atoms with Crippen LogP contribution < -0.4 is 4.72 Å². The van der Waals surface area contributed by atoms with Gasteiger partial charge in [0.15, 0.2) is 5.78 Å². The van der Waals surface area contributed by atoms with Crippen LogP contribution in [-0.2, 0) is 23.6 Å². The zero-order valence-electron chi connectivity index (χ0n) is 12.9. The minimum Gasteiger partial charge on any atom is -0.467 e. The summed E-state index contributed by atoms with van der Waals surface area (Å²) >= 11 is 0. The molecule has 23 heavy (non-hydrogen) atoms. The van der Waals surface area contributed by atoms with Gasteiger partial charge in [-0.25, -0.2) is 8.42 Å². The molecule has 0 aliphatic carbocycles. The molecule has 0 amide bonds. The topological polar surface area (TPSA) is 94.8 Å². The van der Waals surface area contributed by atoms with E-state index in [0.717, 1.165) is 5.56 Å². The molecule has 0 aliphatic heterocycles. The first-order valence-electron chi connectivity index (χ1n) is 6.66. The zero-order chi connectivity index (χ0) is 17.1. The van der Waals surface area contributed by atoms with Crippen molar-refractivity contribution in [2.75, 3.05) is 14.2 Å². The van der Waals surface area contributed by atoms with Crippen LogP contribution in [0.1, 0.15) is 17.1 Å². The Morgan fingerprint density at radius 2 is 1.74 bits per heavy atom. The number of nitrogens with one attached hydrogen (secondary N) is 1. The molecule has 1 atom stereocenters. The van der Waals surface area contributed by atoms with Crippen molar-refractivity contribution in [2.24, 2.45) is 0 Å². The van der Waals surface area contributed by atoms with E-state index in [4.69, 9.17) is 13.5 Å². The maximum Gasteiger partial charge on any atom is 0.355 e. The van der Waals surface area contributed by atoms with E-state index in [1.165, 1.54) is 38.7 Å². The number of aryl methyl sites for hydroxylation is 1. The lowest BCUT2D eigenvalue weighted by Crippen LogP contribution is -2.29. The molecular formula is C14H18NO6PS. The Balaban J connectivity index is 2.42. The Morgan fingerprint density at radius 3 is 2.22 bits per heavy atom. The van der Waals surface area contributed by atoms with Crippen LogP contribution in [0.5, 0.6) is 0 Å². The summed E-state index contributed by atoms with van der Waals surface area (Å²) in [6.07, 6.45) is 1.35. The van der Waals surface area contributed by atoms with Crippen molar-refractivity contribution < 1.29 is 26.4 Å². The minimum absolute atomic E-state index is 0.0402. The molecular weight excluding hydrogens is 341 g/mol. The van der Waals surface area contributed by atoms with Crippen LogP contribution in [0, 0.1) is 6.92 Å². The Morgan fingerprint density at radius 1 is 1.13 bits per heavy atom. The molecule has 2 rings (SSSR count). The Bertz CT molecular complexity index is 777. The molecule has 0 radical (unpaired) electrons. The van der Waals surface area contributed by atoms with Gasteiger partial charge in [0.2, 0.25) is 10.0 Å². The van der Waals surface area contributed by atoms with Crippen molar-refractivity contribution >= 4 is 17.6 Å². The molecule has 0 saturated carbocycles. The fourth-order valence-electron chi connectivity index (χ4n) is 1.94. The van der Waals surface area contributed by atoms with Gasteiger partial charge in [-0.15, -0.1) is 0 Å². The zero-order valence-corrected chi connectivity index (χ0v) is 14.6. The molecule has 9 heteroatoms. The maximum atomic E-state index is 12.7. The Hall–Kier alpha value is -1.44. The van der Waals surface area contributed by atoms with Gasteiger partial charge in [0.05, 0.1) is 11.2 Å². The standard InChI is InChI=1S/C14H18NO6PS/c1-11-6-8-12(9-7-11)23(17,18)15-14(13-5-4-10-21-13)22(16,19-2)20-3/h4-10,14-15H,1-3H3. The van der Waals surface area contributed by atoms with E-state index in [1.54, 1.807) is 18.2 Å². The Labute approximate surface area is 135 Å². The monoisotopic (exact) mass is 359 g/mol. The van der Waals surface area contributed by atoms with Crippen LogP contribution in [0.3, 0.4) is 0 Å². The van der Waals surface area contributed by atoms with Crippen molar-refractivity contribution in [2.45, 2.75) is 17.6 Å². The predicted molar refractivity (Wildman–Crippen MR) is 84.6 cm³/mol. The van der Waals surface area contributed by atoms with Crippen molar-refractivity contribution in [1.82, 2.24) is 4.72 Å². The maximum absolute atomic E-state index is 12.7. The lowest BCUT2D eigenvalue weighted by Gasteiger charge is -2.23. The van der Waals surface area contributed by atoms with E-state index in [1.807, 2.05) is 6.92 Å². The second-order valence-electron chi connectivity index (χ2n) is 4.76. The molecule has 0 bridgehead atoms. The van der Waals surface area contributed by atoms with Gasteiger partial charge in [0.25, 0.3) is 0 Å². The highest BCUT2D eigenvalue weighted by Crippen LogP contribution is 2.58. The third-order valence-electron chi connectivity index (χ3n) is 3.24. The molecule has 0 aliphatic rings. The van der Waals surface area contributed by atoms with Crippen LogP contribution in [0.2, 0.25) is 0 Å². The Kier molecular flexibility index (Phi) is 5.44. The lowest BCUT2D eigenvalue weighted by molar-refractivity contribution is 0.258. The quantitative estimate of drug-likeness (QED) is 0.764. The van der Waals surface area contributed by atoms with Crippen molar-refractivity contribution in [3.8, 4) is 0 Å². The van der Waals surface area contributed by atoms with E-state index >= 15 is 0 Å². The largest absolute Gasteiger partial charge is 0.467 e. The molecule has 1 aromatic carbocycles. The molecule has 2 aromatic rings. The molecule has 7 nitrogen and oxygen atoms in total. The van der Waals surface area contributed by atoms with Gasteiger partial charge < -0.3 is 13.5 Å². The summed E-state index contributed by atoms with van der Waals surface area (Å²) < 4.78 is 55.1. The molecule has 126 valence electrons. The molecule has 1 aromatic heterocycles. The van der Waals surface area contributed by atoms with Crippen molar-refractivity contribution in [1.29, 1.82) is 0 Å². The summed E-state index contributed by atoms with van der Waals surface area (Å²) in [5.74, 6) is -1.16. The predicted octanol–water partition coefficient (Wildman–Crippen LogP) is 3.05. The average Bonchev–Trinajstić information content (AvgIpc) is 3.06. The van der Waals surface area contributed by atoms with E-state index in [2.05, 4.69) is 4.72 Å². The van der Waals surface area contributed by atoms with E-state index in [9.17, 15) is 13.0 Å². The normalized spacial score (nSPS) is 13.9. The highest BCUT2D eigenvalue weighted by Gasteiger charge is 2.40. The number of sulfonamides is 1. The lowest BCUT2D eigenvalue weighted by atomic mass is 10.2. The third kappa shape index (κ3) is 3.91. The van der Waals surface area contributed by atoms with Gasteiger partial charge in [-0.1, -0.05) is 17.7 Å². The van der Waals surface area contributed by atoms with Crippen LogP contribution in [0.25, 0.3) is 0 Å². The van der Waals surface area contributed by atoms with E-state index in [0.29, 0.717) is 0 Å². The van der Waals surface area contributed by atoms with Gasteiger partial charge in [0, 0.05) is 14.2 Å². The third-order valence-corrected chi connectivity index (χ3v) is 6.88. The van der Waals surface area contributed by atoms with Gasteiger partial charge in [0.1, 0.15) is 5.76 Å².